The van der Waals surface area contributed by atoms with Crippen LogP contribution in [0.25, 0.3) is 0 Å². The molecule has 0 saturated carbocycles. The summed E-state index contributed by atoms with van der Waals surface area (Å²) in [5.41, 5.74) is 1.11. The zero-order valence-corrected chi connectivity index (χ0v) is 10.2. The van der Waals surface area contributed by atoms with Crippen molar-refractivity contribution in [2.45, 2.75) is 13.1 Å². The van der Waals surface area contributed by atoms with Crippen LogP contribution in [0.1, 0.15) is 11.4 Å². The van der Waals surface area contributed by atoms with Gasteiger partial charge in [-0.2, -0.15) is 0 Å². The van der Waals surface area contributed by atoms with E-state index >= 15 is 0 Å². The third kappa shape index (κ3) is 2.84. The summed E-state index contributed by atoms with van der Waals surface area (Å²) in [7, 11) is 0. The van der Waals surface area contributed by atoms with Crippen LogP contribution in [0.15, 0.2) is 35.1 Å². The first-order valence-electron chi connectivity index (χ1n) is 4.92. The van der Waals surface area contributed by atoms with Crippen molar-refractivity contribution in [3.8, 4) is 5.75 Å². The fourth-order valence-corrected chi connectivity index (χ4v) is 1.81. The average molecular weight is 282 g/mol. The molecular formula is C11H12BrN3O. The third-order valence-corrected chi connectivity index (χ3v) is 2.82. The first kappa shape index (κ1) is 11.2. The fraction of sp³-hybridized carbons (Fsp3) is 0.182. The van der Waals surface area contributed by atoms with Crippen LogP contribution in [0.4, 0.5) is 0 Å². The van der Waals surface area contributed by atoms with Crippen molar-refractivity contribution in [1.29, 1.82) is 0 Å². The second-order valence-corrected chi connectivity index (χ2v) is 4.28. The van der Waals surface area contributed by atoms with Gasteiger partial charge in [-0.3, -0.25) is 0 Å². The Morgan fingerprint density at radius 2 is 2.25 bits per heavy atom. The highest BCUT2D eigenvalue weighted by molar-refractivity contribution is 9.10. The molecule has 1 heterocycles. The van der Waals surface area contributed by atoms with E-state index in [-0.39, 0.29) is 5.75 Å². The number of aromatic hydroxyl groups is 1. The van der Waals surface area contributed by atoms with Crippen LogP contribution in [-0.2, 0) is 13.1 Å². The Balaban J connectivity index is 1.87. The number of H-pyrrole nitrogens is 1. The van der Waals surface area contributed by atoms with Crippen molar-refractivity contribution in [2.75, 3.05) is 0 Å². The molecule has 2 rings (SSSR count). The van der Waals surface area contributed by atoms with Crippen molar-refractivity contribution < 1.29 is 5.11 Å². The molecule has 16 heavy (non-hydrogen) atoms. The van der Waals surface area contributed by atoms with Crippen molar-refractivity contribution >= 4 is 15.9 Å². The monoisotopic (exact) mass is 281 g/mol. The minimum atomic E-state index is 0.259. The van der Waals surface area contributed by atoms with E-state index in [1.165, 1.54) is 0 Å². The van der Waals surface area contributed by atoms with E-state index in [0.717, 1.165) is 17.9 Å². The van der Waals surface area contributed by atoms with E-state index in [1.54, 1.807) is 18.5 Å². The minimum Gasteiger partial charge on any atom is -0.507 e. The lowest BCUT2D eigenvalue weighted by Crippen LogP contribution is -2.13. The molecule has 1 aromatic carbocycles. The Hall–Kier alpha value is -1.33. The SMILES string of the molecule is Oc1ccc(CNCc2ncc[nH]2)cc1Br. The molecule has 0 fully saturated rings. The standard InChI is InChI=1S/C11H12BrN3O/c12-9-5-8(1-2-10(9)16)6-13-7-11-14-3-4-15-11/h1-5,13,16H,6-7H2,(H,14,15). The molecule has 0 radical (unpaired) electrons. The van der Waals surface area contributed by atoms with Crippen molar-refractivity contribution in [2.24, 2.45) is 0 Å². The molecule has 0 spiro atoms. The zero-order valence-electron chi connectivity index (χ0n) is 8.57. The summed E-state index contributed by atoms with van der Waals surface area (Å²) in [5.74, 6) is 1.17. The highest BCUT2D eigenvalue weighted by Gasteiger charge is 2.00. The number of aromatic nitrogens is 2. The maximum atomic E-state index is 9.34. The van der Waals surface area contributed by atoms with Gasteiger partial charge in [0.2, 0.25) is 0 Å². The summed E-state index contributed by atoms with van der Waals surface area (Å²) in [6, 6.07) is 5.45. The number of nitrogens with one attached hydrogen (secondary N) is 2. The van der Waals surface area contributed by atoms with Crippen LogP contribution < -0.4 is 5.32 Å². The van der Waals surface area contributed by atoms with Gasteiger partial charge in [0.15, 0.2) is 0 Å². The van der Waals surface area contributed by atoms with E-state index in [1.807, 2.05) is 12.1 Å². The van der Waals surface area contributed by atoms with Crippen molar-refractivity contribution in [3.63, 3.8) is 0 Å². The summed E-state index contributed by atoms with van der Waals surface area (Å²) in [6.07, 6.45) is 3.53. The molecule has 0 aliphatic rings. The number of hydrogen-bond acceptors (Lipinski definition) is 3. The second kappa shape index (κ2) is 5.14. The number of benzene rings is 1. The summed E-state index contributed by atoms with van der Waals surface area (Å²) in [5, 5.41) is 12.6. The molecule has 4 nitrogen and oxygen atoms in total. The average Bonchev–Trinajstić information content (AvgIpc) is 2.76. The quantitative estimate of drug-likeness (QED) is 0.805. The van der Waals surface area contributed by atoms with E-state index in [0.29, 0.717) is 11.0 Å². The van der Waals surface area contributed by atoms with Crippen LogP contribution in [0.5, 0.6) is 5.75 Å². The molecule has 84 valence electrons. The van der Waals surface area contributed by atoms with Gasteiger partial charge in [0, 0.05) is 18.9 Å². The van der Waals surface area contributed by atoms with E-state index < -0.39 is 0 Å². The van der Waals surface area contributed by atoms with E-state index in [2.05, 4.69) is 31.2 Å². The Morgan fingerprint density at radius 3 is 2.94 bits per heavy atom. The summed E-state index contributed by atoms with van der Waals surface area (Å²) < 4.78 is 0.713. The Labute approximate surface area is 102 Å². The maximum absolute atomic E-state index is 9.34. The van der Waals surface area contributed by atoms with Gasteiger partial charge in [0.25, 0.3) is 0 Å². The van der Waals surface area contributed by atoms with Crippen LogP contribution >= 0.6 is 15.9 Å². The van der Waals surface area contributed by atoms with E-state index in [9.17, 15) is 5.11 Å². The molecule has 0 aliphatic heterocycles. The molecular weight excluding hydrogens is 270 g/mol. The lowest BCUT2D eigenvalue weighted by atomic mass is 10.2. The number of nitrogens with zero attached hydrogens (tertiary/aromatic N) is 1. The Bertz CT molecular complexity index is 456. The van der Waals surface area contributed by atoms with Gasteiger partial charge < -0.3 is 15.4 Å². The fourth-order valence-electron chi connectivity index (χ4n) is 1.38. The van der Waals surface area contributed by atoms with Gasteiger partial charge in [-0.05, 0) is 33.6 Å². The van der Waals surface area contributed by atoms with Crippen LogP contribution in [0, 0.1) is 0 Å². The summed E-state index contributed by atoms with van der Waals surface area (Å²) in [6.45, 7) is 1.44. The molecule has 3 N–H and O–H groups in total. The molecule has 0 aliphatic carbocycles. The number of halogens is 1. The Morgan fingerprint density at radius 1 is 1.38 bits per heavy atom. The minimum absolute atomic E-state index is 0.259. The predicted molar refractivity (Wildman–Crippen MR) is 64.9 cm³/mol. The Kier molecular flexibility index (Phi) is 3.58. The van der Waals surface area contributed by atoms with Gasteiger partial charge in [0.1, 0.15) is 11.6 Å². The highest BCUT2D eigenvalue weighted by Crippen LogP contribution is 2.24. The lowest BCUT2D eigenvalue weighted by Gasteiger charge is -2.04. The van der Waals surface area contributed by atoms with Gasteiger partial charge in [-0.1, -0.05) is 6.07 Å². The molecule has 5 heteroatoms. The van der Waals surface area contributed by atoms with E-state index in [4.69, 9.17) is 0 Å². The number of rotatable bonds is 4. The van der Waals surface area contributed by atoms with Gasteiger partial charge in [-0.15, -0.1) is 0 Å². The smallest absolute Gasteiger partial charge is 0.129 e. The molecule has 0 saturated heterocycles. The van der Waals surface area contributed by atoms with Crippen LogP contribution in [0.2, 0.25) is 0 Å². The van der Waals surface area contributed by atoms with Gasteiger partial charge in [0.05, 0.1) is 11.0 Å². The summed E-state index contributed by atoms with van der Waals surface area (Å²) >= 11 is 3.28. The topological polar surface area (TPSA) is 60.9 Å². The third-order valence-electron chi connectivity index (χ3n) is 2.19. The number of imidazole rings is 1. The maximum Gasteiger partial charge on any atom is 0.129 e. The highest BCUT2D eigenvalue weighted by atomic mass is 79.9. The van der Waals surface area contributed by atoms with Crippen molar-refractivity contribution in [1.82, 2.24) is 15.3 Å². The first-order chi connectivity index (χ1) is 7.75. The zero-order chi connectivity index (χ0) is 11.4. The molecule has 0 amide bonds. The van der Waals surface area contributed by atoms with Gasteiger partial charge >= 0.3 is 0 Å². The number of phenolic OH excluding ortho intramolecular Hbond substituents is 1. The lowest BCUT2D eigenvalue weighted by molar-refractivity contribution is 0.471. The molecule has 0 bridgehead atoms. The predicted octanol–water partition coefficient (Wildman–Crippen LogP) is 2.17. The van der Waals surface area contributed by atoms with Crippen LogP contribution in [0.3, 0.4) is 0 Å². The molecule has 2 aromatic rings. The number of hydrogen-bond donors (Lipinski definition) is 3. The molecule has 0 atom stereocenters. The number of phenols is 1. The van der Waals surface area contributed by atoms with Gasteiger partial charge in [-0.25, -0.2) is 4.98 Å². The molecule has 1 aromatic heterocycles. The largest absolute Gasteiger partial charge is 0.507 e. The molecule has 0 unspecified atom stereocenters. The normalized spacial score (nSPS) is 10.6. The summed E-state index contributed by atoms with van der Waals surface area (Å²) in [4.78, 5) is 7.13. The van der Waals surface area contributed by atoms with Crippen molar-refractivity contribution in [3.05, 3.63) is 46.5 Å². The second-order valence-electron chi connectivity index (χ2n) is 3.43. The number of aromatic amines is 1. The van der Waals surface area contributed by atoms with Crippen LogP contribution in [-0.4, -0.2) is 15.1 Å². The first-order valence-corrected chi connectivity index (χ1v) is 5.71.